The van der Waals surface area contributed by atoms with Crippen molar-refractivity contribution in [3.05, 3.63) is 0 Å². The van der Waals surface area contributed by atoms with Crippen LogP contribution in [0.3, 0.4) is 0 Å². The first-order chi connectivity index (χ1) is 7.08. The smallest absolute Gasteiger partial charge is 0.305 e. The second-order valence-corrected chi connectivity index (χ2v) is 3.53. The molecule has 15 heavy (non-hydrogen) atoms. The van der Waals surface area contributed by atoms with Gasteiger partial charge in [-0.3, -0.25) is 9.59 Å². The lowest BCUT2D eigenvalue weighted by Crippen LogP contribution is -2.01. The van der Waals surface area contributed by atoms with Crippen LogP contribution in [0.1, 0.15) is 39.5 Å². The lowest BCUT2D eigenvalue weighted by molar-refractivity contribution is -0.143. The zero-order valence-corrected chi connectivity index (χ0v) is 10.9. The highest BCUT2D eigenvalue weighted by molar-refractivity contribution is 9.09. The summed E-state index contributed by atoms with van der Waals surface area (Å²) in [5.74, 6) is -0.811. The molecule has 0 fully saturated rings. The van der Waals surface area contributed by atoms with Crippen molar-refractivity contribution in [3.63, 3.8) is 0 Å². The van der Waals surface area contributed by atoms with Crippen LogP contribution in [0.2, 0.25) is 0 Å². The average Bonchev–Trinajstić information content (AvgIpc) is 2.16. The van der Waals surface area contributed by atoms with Gasteiger partial charge in [0.05, 0.1) is 6.61 Å². The number of rotatable bonds is 6. The number of hydrogen-bond acceptors (Lipinski definition) is 3. The Kier molecular flexibility index (Phi) is 15.1. The number of alkyl halides is 1. The minimum Gasteiger partial charge on any atom is -0.481 e. The van der Waals surface area contributed by atoms with Crippen molar-refractivity contribution in [2.75, 3.05) is 11.9 Å². The van der Waals surface area contributed by atoms with Gasteiger partial charge >= 0.3 is 11.9 Å². The molecule has 1 N–H and O–H groups in total. The average molecular weight is 283 g/mol. The summed E-state index contributed by atoms with van der Waals surface area (Å²) in [6.07, 6.45) is 2.41. The first-order valence-corrected chi connectivity index (χ1v) is 6.13. The molecule has 0 aromatic carbocycles. The third-order valence-electron chi connectivity index (χ3n) is 1.28. The van der Waals surface area contributed by atoms with E-state index < -0.39 is 5.97 Å². The summed E-state index contributed by atoms with van der Waals surface area (Å²) in [5, 5.41) is 8.80. The van der Waals surface area contributed by atoms with E-state index in [-0.39, 0.29) is 12.4 Å². The van der Waals surface area contributed by atoms with Crippen molar-refractivity contribution < 1.29 is 19.4 Å². The summed E-state index contributed by atoms with van der Waals surface area (Å²) in [4.78, 5) is 20.2. The number of carbonyl (C=O) groups is 2. The predicted octanol–water partition coefficient (Wildman–Crippen LogP) is 2.60. The number of esters is 1. The molecule has 0 radical (unpaired) electrons. The number of ether oxygens (including phenoxy) is 1. The molecule has 4 nitrogen and oxygen atoms in total. The van der Waals surface area contributed by atoms with E-state index >= 15 is 0 Å². The fraction of sp³-hybridized carbons (Fsp3) is 0.800. The molecular weight excluding hydrogens is 264 g/mol. The fourth-order valence-electron chi connectivity index (χ4n) is 0.655. The Balaban J connectivity index is 0. The van der Waals surface area contributed by atoms with Crippen LogP contribution in [-0.4, -0.2) is 29.0 Å². The zero-order chi connectivity index (χ0) is 12.1. The molecule has 0 aromatic heterocycles. The molecule has 0 unspecified atom stereocenters. The summed E-state index contributed by atoms with van der Waals surface area (Å²) in [6, 6.07) is 0. The van der Waals surface area contributed by atoms with Crippen LogP contribution in [0.15, 0.2) is 0 Å². The van der Waals surface area contributed by atoms with Gasteiger partial charge in [-0.05, 0) is 19.8 Å². The van der Waals surface area contributed by atoms with E-state index in [1.165, 1.54) is 0 Å². The number of aliphatic carboxylic acids is 1. The van der Waals surface area contributed by atoms with Gasteiger partial charge in [0, 0.05) is 18.2 Å². The lowest BCUT2D eigenvalue weighted by atomic mass is 10.3. The SMILES string of the molecule is CCCC(=O)OCC.O=C(O)CCCBr. The Hall–Kier alpha value is -0.580. The van der Waals surface area contributed by atoms with Gasteiger partial charge in [0.15, 0.2) is 0 Å². The molecule has 0 aliphatic carbocycles. The van der Waals surface area contributed by atoms with E-state index in [4.69, 9.17) is 5.11 Å². The second kappa shape index (κ2) is 13.4. The van der Waals surface area contributed by atoms with Crippen molar-refractivity contribution >= 4 is 27.9 Å². The minimum absolute atomic E-state index is 0.0880. The van der Waals surface area contributed by atoms with E-state index in [0.29, 0.717) is 13.0 Å². The highest BCUT2D eigenvalue weighted by Gasteiger charge is 1.95. The normalized spacial score (nSPS) is 8.73. The van der Waals surface area contributed by atoms with Crippen LogP contribution in [0.5, 0.6) is 0 Å². The molecule has 0 saturated carbocycles. The van der Waals surface area contributed by atoms with Gasteiger partial charge in [-0.15, -0.1) is 0 Å². The van der Waals surface area contributed by atoms with Crippen molar-refractivity contribution in [2.45, 2.75) is 39.5 Å². The maximum Gasteiger partial charge on any atom is 0.305 e. The number of halogens is 1. The molecule has 0 bridgehead atoms. The number of hydrogen-bond donors (Lipinski definition) is 1. The van der Waals surface area contributed by atoms with Gasteiger partial charge in [-0.1, -0.05) is 22.9 Å². The number of carboxylic acid groups (broad SMARTS) is 1. The Morgan fingerprint density at radius 1 is 1.27 bits per heavy atom. The highest BCUT2D eigenvalue weighted by Crippen LogP contribution is 1.91. The van der Waals surface area contributed by atoms with Crippen molar-refractivity contribution in [1.82, 2.24) is 0 Å². The molecule has 90 valence electrons. The maximum atomic E-state index is 10.4. The van der Waals surface area contributed by atoms with Crippen molar-refractivity contribution in [3.8, 4) is 0 Å². The van der Waals surface area contributed by atoms with Gasteiger partial charge in [-0.25, -0.2) is 0 Å². The molecule has 0 amide bonds. The van der Waals surface area contributed by atoms with E-state index in [1.807, 2.05) is 13.8 Å². The van der Waals surface area contributed by atoms with Crippen LogP contribution < -0.4 is 0 Å². The standard InChI is InChI=1S/C6H12O2.C4H7BrO2/c1-3-5-6(7)8-4-2;5-3-1-2-4(6)7/h3-5H2,1-2H3;1-3H2,(H,6,7). The van der Waals surface area contributed by atoms with Gasteiger partial charge in [0.1, 0.15) is 0 Å². The molecule has 5 heteroatoms. The van der Waals surface area contributed by atoms with Gasteiger partial charge in [-0.2, -0.15) is 0 Å². The third kappa shape index (κ3) is 19.7. The summed E-state index contributed by atoms with van der Waals surface area (Å²) >= 11 is 3.11. The maximum absolute atomic E-state index is 10.4. The van der Waals surface area contributed by atoms with E-state index in [0.717, 1.165) is 18.2 Å². The van der Waals surface area contributed by atoms with Crippen LogP contribution in [0, 0.1) is 0 Å². The lowest BCUT2D eigenvalue weighted by Gasteiger charge is -1.96. The van der Waals surface area contributed by atoms with E-state index in [1.54, 1.807) is 0 Å². The van der Waals surface area contributed by atoms with Crippen LogP contribution in [0.25, 0.3) is 0 Å². The molecular formula is C10H19BrO4. The van der Waals surface area contributed by atoms with Gasteiger partial charge in [0.2, 0.25) is 0 Å². The molecule has 0 saturated heterocycles. The number of carbonyl (C=O) groups excluding carboxylic acids is 1. The van der Waals surface area contributed by atoms with Gasteiger partial charge < -0.3 is 9.84 Å². The third-order valence-corrected chi connectivity index (χ3v) is 1.84. The van der Waals surface area contributed by atoms with Crippen molar-refractivity contribution in [1.29, 1.82) is 0 Å². The Labute approximate surface area is 99.1 Å². The molecule has 0 spiro atoms. The number of carboxylic acids is 1. The summed E-state index contributed by atoms with van der Waals surface area (Å²) < 4.78 is 4.64. The molecule has 0 aliphatic heterocycles. The summed E-state index contributed by atoms with van der Waals surface area (Å²) in [6.45, 7) is 4.27. The second-order valence-electron chi connectivity index (χ2n) is 2.74. The largest absolute Gasteiger partial charge is 0.481 e. The Bertz CT molecular complexity index is 163. The molecule has 0 atom stereocenters. The molecule has 0 aromatic rings. The molecule has 0 rings (SSSR count). The van der Waals surface area contributed by atoms with E-state index in [2.05, 4.69) is 20.7 Å². The summed E-state index contributed by atoms with van der Waals surface area (Å²) in [5.41, 5.74) is 0. The Morgan fingerprint density at radius 3 is 2.13 bits per heavy atom. The predicted molar refractivity (Wildman–Crippen MR) is 62.2 cm³/mol. The minimum atomic E-state index is -0.723. The van der Waals surface area contributed by atoms with Crippen LogP contribution in [0.4, 0.5) is 0 Å². The van der Waals surface area contributed by atoms with E-state index in [9.17, 15) is 9.59 Å². The highest BCUT2D eigenvalue weighted by atomic mass is 79.9. The molecule has 0 heterocycles. The Morgan fingerprint density at radius 2 is 1.87 bits per heavy atom. The van der Waals surface area contributed by atoms with Gasteiger partial charge in [0.25, 0.3) is 0 Å². The van der Waals surface area contributed by atoms with Crippen LogP contribution >= 0.6 is 15.9 Å². The first-order valence-electron chi connectivity index (χ1n) is 5.01. The summed E-state index contributed by atoms with van der Waals surface area (Å²) in [7, 11) is 0. The zero-order valence-electron chi connectivity index (χ0n) is 9.29. The fourth-order valence-corrected chi connectivity index (χ4v) is 0.936. The van der Waals surface area contributed by atoms with Crippen molar-refractivity contribution in [2.24, 2.45) is 0 Å². The first kappa shape index (κ1) is 16.8. The topological polar surface area (TPSA) is 63.6 Å². The quantitative estimate of drug-likeness (QED) is 0.601. The monoisotopic (exact) mass is 282 g/mol. The molecule has 0 aliphatic rings. The van der Waals surface area contributed by atoms with Crippen LogP contribution in [-0.2, 0) is 14.3 Å².